The minimum Gasteiger partial charge on any atom is -0.496 e. The zero-order valence-electron chi connectivity index (χ0n) is 18.7. The summed E-state index contributed by atoms with van der Waals surface area (Å²) in [4.78, 5) is 24.8. The minimum absolute atomic E-state index is 0.103. The Balaban J connectivity index is 1.33. The summed E-state index contributed by atoms with van der Waals surface area (Å²) in [7, 11) is 1.63. The van der Waals surface area contributed by atoms with Crippen LogP contribution in [0.4, 0.5) is 5.69 Å². The number of hydrogen-bond acceptors (Lipinski definition) is 5. The van der Waals surface area contributed by atoms with Gasteiger partial charge in [0, 0.05) is 62.9 Å². The number of methoxy groups -OCH3 is 1. The van der Waals surface area contributed by atoms with Crippen LogP contribution >= 0.6 is 23.2 Å². The number of halogens is 2. The molecular weight excluding hydrogens is 461 g/mol. The van der Waals surface area contributed by atoms with Gasteiger partial charge in [-0.1, -0.05) is 35.3 Å². The summed E-state index contributed by atoms with van der Waals surface area (Å²) in [6.07, 6.45) is 3.24. The van der Waals surface area contributed by atoms with Crippen molar-refractivity contribution in [2.75, 3.05) is 51.3 Å². The predicted octanol–water partition coefficient (Wildman–Crippen LogP) is 4.25. The number of anilines is 1. The molecule has 4 rings (SSSR count). The maximum absolute atomic E-state index is 13.0. The molecule has 1 fully saturated rings. The van der Waals surface area contributed by atoms with E-state index in [9.17, 15) is 4.79 Å². The number of rotatable bonds is 7. The van der Waals surface area contributed by atoms with Crippen molar-refractivity contribution in [1.82, 2.24) is 20.2 Å². The van der Waals surface area contributed by atoms with E-state index in [1.54, 1.807) is 19.5 Å². The fraction of sp³-hybridized carbons (Fsp3) is 0.333. The monoisotopic (exact) mass is 487 g/mol. The van der Waals surface area contributed by atoms with Gasteiger partial charge in [-0.25, -0.2) is 0 Å². The molecule has 1 saturated heterocycles. The normalized spacial score (nSPS) is 14.4. The maximum Gasteiger partial charge on any atom is 0.253 e. The number of benzene rings is 1. The van der Waals surface area contributed by atoms with E-state index in [4.69, 9.17) is 27.9 Å². The van der Waals surface area contributed by atoms with Crippen LogP contribution in [0.5, 0.6) is 5.75 Å². The summed E-state index contributed by atoms with van der Waals surface area (Å²) in [5.41, 5.74) is 4.01. The zero-order chi connectivity index (χ0) is 23.4. The lowest BCUT2D eigenvalue weighted by molar-refractivity contribution is 0.0948. The number of nitrogens with zero attached hydrogens (tertiary/aromatic N) is 3. The van der Waals surface area contributed by atoms with Crippen molar-refractivity contribution in [3.05, 3.63) is 64.0 Å². The van der Waals surface area contributed by atoms with Crippen molar-refractivity contribution in [2.45, 2.75) is 6.92 Å². The van der Waals surface area contributed by atoms with Gasteiger partial charge in [-0.15, -0.1) is 0 Å². The molecule has 9 heteroatoms. The van der Waals surface area contributed by atoms with Crippen LogP contribution in [0.25, 0.3) is 11.3 Å². The summed E-state index contributed by atoms with van der Waals surface area (Å²) < 4.78 is 5.48. The molecule has 2 aromatic heterocycles. The third-order valence-corrected chi connectivity index (χ3v) is 6.36. The highest BCUT2D eigenvalue weighted by Crippen LogP contribution is 2.33. The number of amides is 1. The predicted molar refractivity (Wildman–Crippen MR) is 133 cm³/mol. The van der Waals surface area contributed by atoms with Gasteiger partial charge >= 0.3 is 0 Å². The standard InChI is InChI=1S/C24H27Cl2N5O2/c1-16-13-18(22(29-16)17-5-3-4-6-21(17)33-2)24(32)28-7-8-30-9-11-31(12-10-30)23-19(25)14-27-15-20(23)26/h3-6,13-15,29H,7-12H2,1-2H3,(H,28,32). The van der Waals surface area contributed by atoms with E-state index >= 15 is 0 Å². The number of carbonyl (C=O) groups is 1. The Labute approximate surface area is 203 Å². The average Bonchev–Trinajstić information content (AvgIpc) is 3.21. The fourth-order valence-corrected chi connectivity index (χ4v) is 4.76. The Morgan fingerprint density at radius 2 is 1.85 bits per heavy atom. The van der Waals surface area contributed by atoms with Crippen molar-refractivity contribution in [2.24, 2.45) is 0 Å². The summed E-state index contributed by atoms with van der Waals surface area (Å²) in [6.45, 7) is 6.62. The Morgan fingerprint density at radius 3 is 2.55 bits per heavy atom. The minimum atomic E-state index is -0.103. The average molecular weight is 488 g/mol. The van der Waals surface area contributed by atoms with E-state index in [1.807, 2.05) is 37.3 Å². The summed E-state index contributed by atoms with van der Waals surface area (Å²) in [5, 5.41) is 4.19. The molecule has 174 valence electrons. The van der Waals surface area contributed by atoms with Crippen LogP contribution in [0, 0.1) is 6.92 Å². The molecule has 0 unspecified atom stereocenters. The number of hydrogen-bond donors (Lipinski definition) is 2. The first kappa shape index (κ1) is 23.4. The second kappa shape index (κ2) is 10.5. The molecule has 0 atom stereocenters. The zero-order valence-corrected chi connectivity index (χ0v) is 20.2. The second-order valence-corrected chi connectivity index (χ2v) is 8.79. The van der Waals surface area contributed by atoms with Crippen molar-refractivity contribution in [3.8, 4) is 17.0 Å². The number of para-hydroxylation sites is 1. The van der Waals surface area contributed by atoms with Crippen LogP contribution in [-0.2, 0) is 0 Å². The number of aromatic nitrogens is 2. The molecule has 33 heavy (non-hydrogen) atoms. The van der Waals surface area contributed by atoms with Crippen molar-refractivity contribution < 1.29 is 9.53 Å². The molecule has 1 aliphatic heterocycles. The third-order valence-electron chi connectivity index (χ3n) is 5.80. The highest BCUT2D eigenvalue weighted by molar-refractivity contribution is 6.38. The largest absolute Gasteiger partial charge is 0.496 e. The van der Waals surface area contributed by atoms with Crippen molar-refractivity contribution in [3.63, 3.8) is 0 Å². The molecule has 2 N–H and O–H groups in total. The molecule has 0 spiro atoms. The van der Waals surface area contributed by atoms with E-state index in [2.05, 4.69) is 25.1 Å². The van der Waals surface area contributed by atoms with E-state index in [0.717, 1.165) is 61.1 Å². The number of aromatic amines is 1. The van der Waals surface area contributed by atoms with Gasteiger partial charge in [-0.2, -0.15) is 0 Å². The number of H-pyrrole nitrogens is 1. The van der Waals surface area contributed by atoms with E-state index in [-0.39, 0.29) is 5.91 Å². The Morgan fingerprint density at radius 1 is 1.15 bits per heavy atom. The Bertz CT molecular complexity index is 1110. The van der Waals surface area contributed by atoms with Gasteiger partial charge in [-0.3, -0.25) is 14.7 Å². The van der Waals surface area contributed by atoms with Crippen molar-refractivity contribution in [1.29, 1.82) is 0 Å². The highest BCUT2D eigenvalue weighted by Gasteiger charge is 2.22. The molecule has 0 saturated carbocycles. The SMILES string of the molecule is COc1ccccc1-c1[nH]c(C)cc1C(=O)NCCN1CCN(c2c(Cl)cncc2Cl)CC1. The summed E-state index contributed by atoms with van der Waals surface area (Å²) in [6, 6.07) is 9.55. The molecule has 1 aliphatic rings. The van der Waals surface area contributed by atoms with E-state index in [1.165, 1.54) is 0 Å². The Hall–Kier alpha value is -2.74. The van der Waals surface area contributed by atoms with E-state index in [0.29, 0.717) is 22.2 Å². The van der Waals surface area contributed by atoms with Gasteiger partial charge in [-0.05, 0) is 25.1 Å². The van der Waals surface area contributed by atoms with Gasteiger partial charge in [0.15, 0.2) is 0 Å². The lowest BCUT2D eigenvalue weighted by atomic mass is 10.1. The molecule has 0 radical (unpaired) electrons. The second-order valence-electron chi connectivity index (χ2n) is 7.98. The van der Waals surface area contributed by atoms with Crippen LogP contribution in [0.3, 0.4) is 0 Å². The molecule has 0 bridgehead atoms. The molecule has 3 aromatic rings. The molecule has 1 aromatic carbocycles. The molecule has 1 amide bonds. The number of nitrogens with one attached hydrogen (secondary N) is 2. The number of ether oxygens (including phenoxy) is 1. The van der Waals surface area contributed by atoms with Gasteiger partial charge in [0.1, 0.15) is 5.75 Å². The number of aryl methyl sites for hydroxylation is 1. The van der Waals surface area contributed by atoms with Crippen molar-refractivity contribution >= 4 is 34.8 Å². The first-order valence-electron chi connectivity index (χ1n) is 10.9. The first-order chi connectivity index (χ1) is 16.0. The lowest BCUT2D eigenvalue weighted by Gasteiger charge is -2.36. The van der Waals surface area contributed by atoms with Gasteiger partial charge in [0.25, 0.3) is 5.91 Å². The lowest BCUT2D eigenvalue weighted by Crippen LogP contribution is -2.48. The summed E-state index contributed by atoms with van der Waals surface area (Å²) >= 11 is 12.6. The molecular formula is C24H27Cl2N5O2. The molecule has 7 nitrogen and oxygen atoms in total. The van der Waals surface area contributed by atoms with Crippen LogP contribution < -0.4 is 15.0 Å². The molecule has 0 aliphatic carbocycles. The quantitative estimate of drug-likeness (QED) is 0.520. The smallest absolute Gasteiger partial charge is 0.253 e. The number of pyridine rings is 1. The van der Waals surface area contributed by atoms with Gasteiger partial charge in [0.05, 0.1) is 34.1 Å². The van der Waals surface area contributed by atoms with Crippen LogP contribution in [0.1, 0.15) is 16.1 Å². The van der Waals surface area contributed by atoms with E-state index < -0.39 is 0 Å². The molecule has 3 heterocycles. The third kappa shape index (κ3) is 5.27. The topological polar surface area (TPSA) is 73.5 Å². The Kier molecular flexibility index (Phi) is 7.42. The summed E-state index contributed by atoms with van der Waals surface area (Å²) in [5.74, 6) is 0.620. The van der Waals surface area contributed by atoms with Gasteiger partial charge in [0.2, 0.25) is 0 Å². The highest BCUT2D eigenvalue weighted by atomic mass is 35.5. The maximum atomic E-state index is 13.0. The van der Waals surface area contributed by atoms with Crippen LogP contribution in [-0.4, -0.2) is 67.2 Å². The van der Waals surface area contributed by atoms with Crippen LogP contribution in [0.15, 0.2) is 42.7 Å². The fourth-order valence-electron chi connectivity index (χ4n) is 4.16. The number of carbonyl (C=O) groups excluding carboxylic acids is 1. The van der Waals surface area contributed by atoms with Gasteiger partial charge < -0.3 is 19.9 Å². The first-order valence-corrected chi connectivity index (χ1v) is 11.6. The van der Waals surface area contributed by atoms with Crippen LogP contribution in [0.2, 0.25) is 10.0 Å². The number of piperazine rings is 1.